The van der Waals surface area contributed by atoms with Gasteiger partial charge in [0.25, 0.3) is 5.97 Å². The zero-order valence-corrected chi connectivity index (χ0v) is 13.6. The molecule has 4 rings (SSSR count). The second kappa shape index (κ2) is 6.54. The highest BCUT2D eigenvalue weighted by Crippen LogP contribution is 2.31. The van der Waals surface area contributed by atoms with Crippen molar-refractivity contribution in [2.75, 3.05) is 0 Å². The van der Waals surface area contributed by atoms with Crippen LogP contribution in [0.15, 0.2) is 60.8 Å². The number of fused-ring (bicyclic) bond motifs is 3. The molecule has 0 amide bonds. The third kappa shape index (κ3) is 3.13. The zero-order valence-electron chi connectivity index (χ0n) is 13.6. The first kappa shape index (κ1) is 15.7. The van der Waals surface area contributed by atoms with Gasteiger partial charge in [0, 0.05) is 35.0 Å². The van der Waals surface area contributed by atoms with Crippen molar-refractivity contribution in [2.24, 2.45) is 0 Å². The normalized spacial score (nSPS) is 10.4. The van der Waals surface area contributed by atoms with Gasteiger partial charge in [0.1, 0.15) is 0 Å². The number of H-pyrrole nitrogens is 1. The van der Waals surface area contributed by atoms with Crippen molar-refractivity contribution in [1.82, 2.24) is 9.97 Å². The van der Waals surface area contributed by atoms with Gasteiger partial charge in [-0.05, 0) is 19.1 Å². The monoisotopic (exact) mass is 318 g/mol. The molecular formula is C20H18N2O2. The molecule has 0 aliphatic rings. The number of carboxylic acids is 1. The molecule has 4 nitrogen and oxygen atoms in total. The van der Waals surface area contributed by atoms with E-state index in [0.717, 1.165) is 29.2 Å². The highest BCUT2D eigenvalue weighted by molar-refractivity contribution is 6.10. The largest absolute Gasteiger partial charge is 0.481 e. The Morgan fingerprint density at radius 2 is 1.67 bits per heavy atom. The zero-order chi connectivity index (χ0) is 17.1. The molecule has 0 fully saturated rings. The second-order valence-electron chi connectivity index (χ2n) is 5.64. The van der Waals surface area contributed by atoms with E-state index in [1.54, 1.807) is 0 Å². The minimum absolute atomic E-state index is 0.833. The van der Waals surface area contributed by atoms with Crippen molar-refractivity contribution in [2.45, 2.75) is 13.8 Å². The van der Waals surface area contributed by atoms with Crippen LogP contribution in [0.3, 0.4) is 0 Å². The van der Waals surface area contributed by atoms with Crippen molar-refractivity contribution in [3.05, 3.63) is 66.4 Å². The van der Waals surface area contributed by atoms with Crippen molar-refractivity contribution < 1.29 is 9.90 Å². The fourth-order valence-corrected chi connectivity index (χ4v) is 2.70. The number of carbonyl (C=O) groups is 1. The number of aryl methyl sites for hydroxylation is 1. The van der Waals surface area contributed by atoms with Gasteiger partial charge in [-0.25, -0.2) is 0 Å². The fraction of sp³-hybridized carbons (Fsp3) is 0.100. The smallest absolute Gasteiger partial charge is 0.300 e. The van der Waals surface area contributed by atoms with E-state index in [9.17, 15) is 0 Å². The molecule has 0 aliphatic carbocycles. The summed E-state index contributed by atoms with van der Waals surface area (Å²) in [4.78, 5) is 17.1. The van der Waals surface area contributed by atoms with Crippen molar-refractivity contribution in [3.63, 3.8) is 0 Å². The van der Waals surface area contributed by atoms with E-state index in [1.807, 2.05) is 6.20 Å². The SMILES string of the molecule is CC(=O)O.Cc1ccc(-c2nccc3c2[nH]c2ccccc23)cc1. The van der Waals surface area contributed by atoms with Crippen LogP contribution in [0, 0.1) is 6.92 Å². The quantitative estimate of drug-likeness (QED) is 0.530. The summed E-state index contributed by atoms with van der Waals surface area (Å²) in [5.41, 5.74) is 5.69. The lowest BCUT2D eigenvalue weighted by Crippen LogP contribution is -1.85. The number of aromatic amines is 1. The predicted molar refractivity (Wildman–Crippen MR) is 97.1 cm³/mol. The maximum Gasteiger partial charge on any atom is 0.300 e. The number of carboxylic acid groups (broad SMARTS) is 1. The number of pyridine rings is 1. The summed E-state index contributed by atoms with van der Waals surface area (Å²) in [6, 6.07) is 19.0. The minimum Gasteiger partial charge on any atom is -0.481 e. The molecule has 2 N–H and O–H groups in total. The van der Waals surface area contributed by atoms with Crippen LogP contribution in [-0.4, -0.2) is 21.0 Å². The lowest BCUT2D eigenvalue weighted by atomic mass is 10.1. The van der Waals surface area contributed by atoms with Crippen molar-refractivity contribution >= 4 is 27.8 Å². The van der Waals surface area contributed by atoms with Gasteiger partial charge in [-0.15, -0.1) is 0 Å². The predicted octanol–water partition coefficient (Wildman–Crippen LogP) is 4.78. The Hall–Kier alpha value is -3.14. The molecule has 0 saturated carbocycles. The van der Waals surface area contributed by atoms with Crippen LogP contribution in [0.4, 0.5) is 0 Å². The van der Waals surface area contributed by atoms with Crippen molar-refractivity contribution in [3.8, 4) is 11.3 Å². The molecule has 2 aromatic heterocycles. The van der Waals surface area contributed by atoms with Gasteiger partial charge in [0.15, 0.2) is 0 Å². The molecule has 0 unspecified atom stereocenters. The molecule has 0 atom stereocenters. The van der Waals surface area contributed by atoms with Gasteiger partial charge in [-0.1, -0.05) is 48.0 Å². The van der Waals surface area contributed by atoms with E-state index in [-0.39, 0.29) is 0 Å². The summed E-state index contributed by atoms with van der Waals surface area (Å²) in [5, 5.41) is 9.89. The number of rotatable bonds is 1. The molecule has 2 heterocycles. The van der Waals surface area contributed by atoms with Gasteiger partial charge in [0.2, 0.25) is 0 Å². The highest BCUT2D eigenvalue weighted by atomic mass is 16.4. The Bertz CT molecular complexity index is 997. The van der Waals surface area contributed by atoms with E-state index in [2.05, 4.69) is 71.5 Å². The summed E-state index contributed by atoms with van der Waals surface area (Å²) in [6.07, 6.45) is 1.89. The minimum atomic E-state index is -0.833. The van der Waals surface area contributed by atoms with Crippen LogP contribution in [-0.2, 0) is 4.79 Å². The van der Waals surface area contributed by atoms with E-state index in [0.29, 0.717) is 0 Å². The van der Waals surface area contributed by atoms with Gasteiger partial charge >= 0.3 is 0 Å². The summed E-state index contributed by atoms with van der Waals surface area (Å²) in [6.45, 7) is 3.18. The second-order valence-corrected chi connectivity index (χ2v) is 5.64. The topological polar surface area (TPSA) is 66.0 Å². The first-order valence-corrected chi connectivity index (χ1v) is 7.68. The fourth-order valence-electron chi connectivity index (χ4n) is 2.70. The number of nitrogens with one attached hydrogen (secondary N) is 1. The van der Waals surface area contributed by atoms with Gasteiger partial charge in [0.05, 0.1) is 11.2 Å². The van der Waals surface area contributed by atoms with Gasteiger partial charge in [-0.3, -0.25) is 9.78 Å². The average molecular weight is 318 g/mol. The third-order valence-electron chi connectivity index (χ3n) is 3.75. The molecule has 24 heavy (non-hydrogen) atoms. The number of benzene rings is 2. The van der Waals surface area contributed by atoms with Gasteiger partial charge in [-0.2, -0.15) is 0 Å². The molecule has 2 aromatic carbocycles. The average Bonchev–Trinajstić information content (AvgIpc) is 2.94. The first-order valence-electron chi connectivity index (χ1n) is 7.68. The Morgan fingerprint density at radius 1 is 1.00 bits per heavy atom. The van der Waals surface area contributed by atoms with E-state index >= 15 is 0 Å². The van der Waals surface area contributed by atoms with E-state index in [1.165, 1.54) is 16.3 Å². The van der Waals surface area contributed by atoms with Crippen LogP contribution in [0.1, 0.15) is 12.5 Å². The number of aromatic nitrogens is 2. The maximum absolute atomic E-state index is 9.00. The Morgan fingerprint density at radius 3 is 2.38 bits per heavy atom. The number of hydrogen-bond donors (Lipinski definition) is 2. The summed E-state index contributed by atoms with van der Waals surface area (Å²) >= 11 is 0. The van der Waals surface area contributed by atoms with Crippen LogP contribution in [0.25, 0.3) is 33.1 Å². The molecule has 0 bridgehead atoms. The van der Waals surface area contributed by atoms with E-state index in [4.69, 9.17) is 9.90 Å². The molecule has 0 spiro atoms. The Kier molecular flexibility index (Phi) is 4.29. The van der Waals surface area contributed by atoms with Crippen molar-refractivity contribution in [1.29, 1.82) is 0 Å². The molecular weight excluding hydrogens is 300 g/mol. The highest BCUT2D eigenvalue weighted by Gasteiger charge is 2.09. The molecule has 4 heteroatoms. The van der Waals surface area contributed by atoms with Crippen LogP contribution in [0.5, 0.6) is 0 Å². The number of aliphatic carboxylic acids is 1. The molecule has 0 saturated heterocycles. The number of nitrogens with zero attached hydrogens (tertiary/aromatic N) is 1. The maximum atomic E-state index is 9.00. The number of para-hydroxylation sites is 1. The summed E-state index contributed by atoms with van der Waals surface area (Å²) in [7, 11) is 0. The molecule has 4 aromatic rings. The summed E-state index contributed by atoms with van der Waals surface area (Å²) in [5.74, 6) is -0.833. The third-order valence-corrected chi connectivity index (χ3v) is 3.75. The number of hydrogen-bond acceptors (Lipinski definition) is 2. The molecule has 0 radical (unpaired) electrons. The standard InChI is InChI=1S/C18H14N2.C2H4O2/c1-12-6-8-13(9-7-12)17-18-15(10-11-19-17)14-4-2-3-5-16(14)20-18;1-2(3)4/h2-11,20H,1H3;1H3,(H,3,4). The van der Waals surface area contributed by atoms with Gasteiger partial charge < -0.3 is 10.1 Å². The lowest BCUT2D eigenvalue weighted by molar-refractivity contribution is -0.134. The Balaban J connectivity index is 0.000000383. The first-order chi connectivity index (χ1) is 11.6. The molecule has 0 aliphatic heterocycles. The van der Waals surface area contributed by atoms with E-state index < -0.39 is 5.97 Å². The Labute approximate surface area is 139 Å². The summed E-state index contributed by atoms with van der Waals surface area (Å²) < 4.78 is 0. The molecule has 120 valence electrons. The van der Waals surface area contributed by atoms with Crippen LogP contribution >= 0.6 is 0 Å². The van der Waals surface area contributed by atoms with Crippen LogP contribution in [0.2, 0.25) is 0 Å². The lowest BCUT2D eigenvalue weighted by Gasteiger charge is -2.03. The van der Waals surface area contributed by atoms with Crippen LogP contribution < -0.4 is 0 Å².